The second-order valence-electron chi connectivity index (χ2n) is 5.00. The van der Waals surface area contributed by atoms with Crippen molar-refractivity contribution >= 4 is 5.91 Å². The van der Waals surface area contributed by atoms with Crippen LogP contribution in [0.4, 0.5) is 0 Å². The van der Waals surface area contributed by atoms with Gasteiger partial charge in [0.25, 0.3) is 0 Å². The molecule has 2 nitrogen and oxygen atoms in total. The van der Waals surface area contributed by atoms with Gasteiger partial charge >= 0.3 is 0 Å². The lowest BCUT2D eigenvalue weighted by Crippen LogP contribution is -2.11. The molecule has 0 atom stereocenters. The molecule has 0 saturated heterocycles. The first-order valence-corrected chi connectivity index (χ1v) is 6.51. The second-order valence-corrected chi connectivity index (χ2v) is 5.00. The smallest absolute Gasteiger partial charge is 0.217 e. The Morgan fingerprint density at radius 2 is 1.68 bits per heavy atom. The Kier molecular flexibility index (Phi) is 4.00. The molecule has 98 valence electrons. The summed E-state index contributed by atoms with van der Waals surface area (Å²) in [4.78, 5) is 11.0. The zero-order chi connectivity index (χ0) is 13.8. The van der Waals surface area contributed by atoms with E-state index in [4.69, 9.17) is 5.73 Å². The summed E-state index contributed by atoms with van der Waals surface area (Å²) in [5.41, 5.74) is 11.3. The lowest BCUT2D eigenvalue weighted by Gasteiger charge is -2.11. The Hall–Kier alpha value is -2.09. The first kappa shape index (κ1) is 13.3. The van der Waals surface area contributed by atoms with Gasteiger partial charge < -0.3 is 5.73 Å². The van der Waals surface area contributed by atoms with Gasteiger partial charge in [-0.05, 0) is 37.0 Å². The third kappa shape index (κ3) is 3.44. The number of carbonyl (C=O) groups is 1. The summed E-state index contributed by atoms with van der Waals surface area (Å²) in [5, 5.41) is 0. The van der Waals surface area contributed by atoms with Crippen molar-refractivity contribution in [3.05, 3.63) is 59.2 Å². The molecule has 0 radical (unpaired) electrons. The summed E-state index contributed by atoms with van der Waals surface area (Å²) in [5.74, 6) is -0.254. The molecule has 2 aromatic rings. The minimum Gasteiger partial charge on any atom is -0.370 e. The average molecular weight is 253 g/mol. The van der Waals surface area contributed by atoms with Crippen LogP contribution in [0, 0.1) is 13.8 Å². The fraction of sp³-hybridized carbons (Fsp3) is 0.235. The van der Waals surface area contributed by atoms with Crippen LogP contribution in [-0.4, -0.2) is 5.91 Å². The maximum Gasteiger partial charge on any atom is 0.217 e. The fourth-order valence-electron chi connectivity index (χ4n) is 2.41. The van der Waals surface area contributed by atoms with Gasteiger partial charge in [-0.25, -0.2) is 0 Å². The van der Waals surface area contributed by atoms with Crippen LogP contribution in [-0.2, 0) is 11.2 Å². The lowest BCUT2D eigenvalue weighted by atomic mass is 9.94. The van der Waals surface area contributed by atoms with Crippen LogP contribution in [0.15, 0.2) is 42.5 Å². The van der Waals surface area contributed by atoms with E-state index in [1.807, 2.05) is 12.1 Å². The fourth-order valence-corrected chi connectivity index (χ4v) is 2.41. The van der Waals surface area contributed by atoms with E-state index >= 15 is 0 Å². The molecule has 0 aliphatic rings. The molecule has 2 aromatic carbocycles. The van der Waals surface area contributed by atoms with Gasteiger partial charge in [0.2, 0.25) is 5.91 Å². The van der Waals surface area contributed by atoms with E-state index in [9.17, 15) is 4.79 Å². The third-order valence-electron chi connectivity index (χ3n) is 3.19. The second kappa shape index (κ2) is 5.70. The van der Waals surface area contributed by atoms with Gasteiger partial charge in [-0.15, -0.1) is 0 Å². The Morgan fingerprint density at radius 3 is 2.32 bits per heavy atom. The molecule has 0 saturated carbocycles. The Bertz CT molecular complexity index is 582. The highest BCUT2D eigenvalue weighted by atomic mass is 16.1. The molecule has 2 rings (SSSR count). The minimum atomic E-state index is -0.254. The van der Waals surface area contributed by atoms with E-state index in [-0.39, 0.29) is 5.91 Å². The van der Waals surface area contributed by atoms with Crippen LogP contribution in [0.2, 0.25) is 0 Å². The van der Waals surface area contributed by atoms with Crippen molar-refractivity contribution < 1.29 is 4.79 Å². The van der Waals surface area contributed by atoms with Gasteiger partial charge in [-0.2, -0.15) is 0 Å². The summed E-state index contributed by atoms with van der Waals surface area (Å²) in [6, 6.07) is 14.7. The van der Waals surface area contributed by atoms with E-state index in [2.05, 4.69) is 44.2 Å². The molecule has 0 heterocycles. The van der Waals surface area contributed by atoms with Gasteiger partial charge in [0.1, 0.15) is 0 Å². The first-order valence-electron chi connectivity index (χ1n) is 6.51. The number of carbonyl (C=O) groups excluding carboxylic acids is 1. The van der Waals surface area contributed by atoms with Gasteiger partial charge in [-0.1, -0.05) is 53.6 Å². The number of hydrogen-bond donors (Lipinski definition) is 1. The van der Waals surface area contributed by atoms with E-state index in [0.29, 0.717) is 12.8 Å². The number of aryl methyl sites for hydroxylation is 3. The van der Waals surface area contributed by atoms with Crippen LogP contribution in [0.1, 0.15) is 23.1 Å². The van der Waals surface area contributed by atoms with Gasteiger partial charge in [0, 0.05) is 6.42 Å². The predicted molar refractivity (Wildman–Crippen MR) is 78.9 cm³/mol. The maximum absolute atomic E-state index is 11.0. The van der Waals surface area contributed by atoms with Crippen molar-refractivity contribution in [1.82, 2.24) is 0 Å². The van der Waals surface area contributed by atoms with Crippen LogP contribution < -0.4 is 5.73 Å². The summed E-state index contributed by atoms with van der Waals surface area (Å²) in [6.07, 6.45) is 1.08. The number of primary amides is 1. The molecule has 0 unspecified atom stereocenters. The number of amides is 1. The van der Waals surface area contributed by atoms with Crippen molar-refractivity contribution in [1.29, 1.82) is 0 Å². The summed E-state index contributed by atoms with van der Waals surface area (Å²) < 4.78 is 0. The van der Waals surface area contributed by atoms with Crippen LogP contribution in [0.5, 0.6) is 0 Å². The maximum atomic E-state index is 11.0. The molecule has 2 heteroatoms. The monoisotopic (exact) mass is 253 g/mol. The lowest BCUT2D eigenvalue weighted by molar-refractivity contribution is -0.117. The topological polar surface area (TPSA) is 43.1 Å². The van der Waals surface area contributed by atoms with Crippen molar-refractivity contribution in [2.75, 3.05) is 0 Å². The number of rotatable bonds is 4. The molecule has 0 fully saturated rings. The van der Waals surface area contributed by atoms with Crippen LogP contribution in [0.25, 0.3) is 11.1 Å². The largest absolute Gasteiger partial charge is 0.370 e. The van der Waals surface area contributed by atoms with Crippen LogP contribution in [0.3, 0.4) is 0 Å². The third-order valence-corrected chi connectivity index (χ3v) is 3.19. The summed E-state index contributed by atoms with van der Waals surface area (Å²) in [6.45, 7) is 4.20. The van der Waals surface area contributed by atoms with Gasteiger partial charge in [-0.3, -0.25) is 4.79 Å². The number of hydrogen-bond acceptors (Lipinski definition) is 1. The Morgan fingerprint density at radius 1 is 1.05 bits per heavy atom. The predicted octanol–water partition coefficient (Wildman–Crippen LogP) is 3.39. The quantitative estimate of drug-likeness (QED) is 0.891. The highest BCUT2D eigenvalue weighted by molar-refractivity contribution is 5.75. The first-order chi connectivity index (χ1) is 9.06. The molecule has 0 aromatic heterocycles. The Labute approximate surface area is 114 Å². The van der Waals surface area contributed by atoms with E-state index in [1.54, 1.807) is 0 Å². The SMILES string of the molecule is Cc1cc(C)cc(-c2ccccc2CCC(N)=O)c1. The highest BCUT2D eigenvalue weighted by Gasteiger charge is 2.06. The molecule has 0 spiro atoms. The zero-order valence-corrected chi connectivity index (χ0v) is 11.4. The van der Waals surface area contributed by atoms with E-state index < -0.39 is 0 Å². The molecule has 0 aliphatic carbocycles. The van der Waals surface area contributed by atoms with Crippen LogP contribution >= 0.6 is 0 Å². The van der Waals surface area contributed by atoms with Crippen molar-refractivity contribution in [2.24, 2.45) is 5.73 Å². The van der Waals surface area contributed by atoms with E-state index in [1.165, 1.54) is 27.8 Å². The number of benzene rings is 2. The molecule has 1 amide bonds. The molecular formula is C17H19NO. The molecule has 19 heavy (non-hydrogen) atoms. The van der Waals surface area contributed by atoms with Gasteiger partial charge in [0.05, 0.1) is 0 Å². The minimum absolute atomic E-state index is 0.254. The number of nitrogens with two attached hydrogens (primary N) is 1. The molecular weight excluding hydrogens is 234 g/mol. The Balaban J connectivity index is 2.40. The van der Waals surface area contributed by atoms with E-state index in [0.717, 1.165) is 0 Å². The standard InChI is InChI=1S/C17H19NO/c1-12-9-13(2)11-15(10-12)16-6-4-3-5-14(16)7-8-17(18)19/h3-6,9-11H,7-8H2,1-2H3,(H2,18,19). The van der Waals surface area contributed by atoms with Crippen molar-refractivity contribution in [3.63, 3.8) is 0 Å². The molecule has 0 bridgehead atoms. The van der Waals surface area contributed by atoms with Crippen molar-refractivity contribution in [3.8, 4) is 11.1 Å². The normalized spacial score (nSPS) is 10.4. The summed E-state index contributed by atoms with van der Waals surface area (Å²) >= 11 is 0. The molecule has 0 aliphatic heterocycles. The molecule has 2 N–H and O–H groups in total. The average Bonchev–Trinajstić information content (AvgIpc) is 2.35. The van der Waals surface area contributed by atoms with Gasteiger partial charge in [0.15, 0.2) is 0 Å². The zero-order valence-electron chi connectivity index (χ0n) is 11.4. The highest BCUT2D eigenvalue weighted by Crippen LogP contribution is 2.26. The summed E-state index contributed by atoms with van der Waals surface area (Å²) in [7, 11) is 0. The van der Waals surface area contributed by atoms with Crippen molar-refractivity contribution in [2.45, 2.75) is 26.7 Å².